The van der Waals surface area contributed by atoms with Gasteiger partial charge in [0.1, 0.15) is 72.0 Å². The molecular weight excluding hydrogens is 1100 g/mol. The van der Waals surface area contributed by atoms with Crippen LogP contribution in [0.15, 0.2) is 96.2 Å². The zero-order valence-electron chi connectivity index (χ0n) is 45.4. The molecule has 0 saturated carbocycles. The number of benzene rings is 3. The van der Waals surface area contributed by atoms with Crippen LogP contribution in [0.1, 0.15) is 67.6 Å². The lowest BCUT2D eigenvalue weighted by Gasteiger charge is -2.49. The first-order chi connectivity index (χ1) is 39.1. The predicted octanol–water partition coefficient (Wildman–Crippen LogP) is -1.05. The zero-order chi connectivity index (χ0) is 59.4. The number of nitrogens with one attached hydrogen (secondary N) is 3. The van der Waals surface area contributed by atoms with Crippen LogP contribution >= 0.6 is 0 Å². The fourth-order valence-corrected chi connectivity index (χ4v) is 11.2. The molecule has 3 saturated heterocycles. The van der Waals surface area contributed by atoms with Crippen LogP contribution in [0.3, 0.4) is 0 Å². The number of aliphatic hydroxyl groups excluding tert-OH is 8. The molecule has 7 rings (SSSR count). The Morgan fingerprint density at radius 1 is 0.805 bits per heavy atom. The van der Waals surface area contributed by atoms with E-state index in [1.54, 1.807) is 81.4 Å². The number of ether oxygens (including phenoxy) is 5. The minimum absolute atomic E-state index is 0.0142. The highest BCUT2D eigenvalue weighted by Crippen LogP contribution is 2.38. The third-order valence-electron chi connectivity index (χ3n) is 13.9. The Bertz CT molecular complexity index is 2690. The third-order valence-corrected chi connectivity index (χ3v) is 15.6. The Kier molecular flexibility index (Phi) is 21.9. The average molecular weight is 1170 g/mol. The molecule has 12 atom stereocenters. The van der Waals surface area contributed by atoms with Crippen LogP contribution in [-0.2, 0) is 48.9 Å². The summed E-state index contributed by atoms with van der Waals surface area (Å²) in [6.45, 7) is 3.06. The van der Waals surface area contributed by atoms with E-state index in [1.807, 2.05) is 0 Å². The molecule has 3 fully saturated rings. The summed E-state index contributed by atoms with van der Waals surface area (Å²) in [5.41, 5.74) is 0.989. The highest BCUT2D eigenvalue weighted by atomic mass is 32.2. The van der Waals surface area contributed by atoms with Gasteiger partial charge >= 0.3 is 18.2 Å². The van der Waals surface area contributed by atoms with Crippen molar-refractivity contribution in [2.45, 2.75) is 118 Å². The number of aliphatic hydroxyl groups is 8. The summed E-state index contributed by atoms with van der Waals surface area (Å²) in [5, 5.41) is 88.9. The number of piperazine rings is 1. The molecule has 11 unspecified atom stereocenters. The molecule has 27 heteroatoms. The van der Waals surface area contributed by atoms with Gasteiger partial charge in [-0.05, 0) is 69.0 Å². The summed E-state index contributed by atoms with van der Waals surface area (Å²) in [7, 11) is -1.89. The van der Waals surface area contributed by atoms with E-state index in [0.717, 1.165) is 4.90 Å². The molecule has 448 valence electrons. The molecule has 0 spiro atoms. The highest BCUT2D eigenvalue weighted by Gasteiger charge is 2.58. The van der Waals surface area contributed by atoms with Gasteiger partial charge in [-0.25, -0.2) is 14.4 Å². The number of rotatable bonds is 23. The van der Waals surface area contributed by atoms with Crippen molar-refractivity contribution < 1.29 is 97.5 Å². The Morgan fingerprint density at radius 2 is 1.43 bits per heavy atom. The van der Waals surface area contributed by atoms with Gasteiger partial charge < -0.3 is 90.3 Å². The number of amides is 5. The largest absolute Gasteiger partial charge is 0.448 e. The first kappa shape index (κ1) is 63.0. The number of alkyl carbamates (subject to hydrolysis) is 1. The van der Waals surface area contributed by atoms with Crippen molar-refractivity contribution in [2.75, 3.05) is 70.2 Å². The van der Waals surface area contributed by atoms with Crippen molar-refractivity contribution in [3.05, 3.63) is 113 Å². The molecule has 4 aliphatic rings. The molecule has 0 bridgehead atoms. The molecule has 5 amide bonds. The topological polar surface area (TPSA) is 373 Å². The van der Waals surface area contributed by atoms with Gasteiger partial charge in [0.2, 0.25) is 5.91 Å². The van der Waals surface area contributed by atoms with Crippen LogP contribution in [0.25, 0.3) is 0 Å². The van der Waals surface area contributed by atoms with Crippen molar-refractivity contribution in [3.63, 3.8) is 0 Å². The summed E-state index contributed by atoms with van der Waals surface area (Å²) in [5.74, 6) is -2.87. The van der Waals surface area contributed by atoms with Crippen molar-refractivity contribution in [2.24, 2.45) is 0 Å². The number of fused-ring (bicyclic) bond motifs is 1. The van der Waals surface area contributed by atoms with Crippen molar-refractivity contribution in [1.29, 1.82) is 0 Å². The maximum absolute atomic E-state index is 14.5. The van der Waals surface area contributed by atoms with Crippen molar-refractivity contribution in [3.8, 4) is 0 Å². The highest BCUT2D eigenvalue weighted by molar-refractivity contribution is 7.86. The van der Waals surface area contributed by atoms with Gasteiger partial charge in [-0.15, -0.1) is 0 Å². The maximum Gasteiger partial charge on any atom is 0.410 e. The molecule has 3 aromatic carbocycles. The lowest BCUT2D eigenvalue weighted by molar-refractivity contribution is -0.326. The Morgan fingerprint density at radius 3 is 2.02 bits per heavy atom. The normalized spacial score (nSPS) is 24.3. The van der Waals surface area contributed by atoms with E-state index in [0.29, 0.717) is 29.7 Å². The first-order valence-corrected chi connectivity index (χ1v) is 28.1. The third kappa shape index (κ3) is 15.7. The second-order valence-corrected chi connectivity index (χ2v) is 22.5. The molecule has 3 aromatic rings. The molecule has 4 heterocycles. The van der Waals surface area contributed by atoms with Crippen LogP contribution in [0.5, 0.6) is 0 Å². The van der Waals surface area contributed by atoms with E-state index >= 15 is 0 Å². The van der Waals surface area contributed by atoms with Crippen LogP contribution in [0.2, 0.25) is 0 Å². The number of carbonyl (C=O) groups excluding carboxylic acids is 6. The second-order valence-electron chi connectivity index (χ2n) is 21.0. The van der Waals surface area contributed by atoms with Crippen molar-refractivity contribution >= 4 is 52.4 Å². The summed E-state index contributed by atoms with van der Waals surface area (Å²) in [4.78, 5) is 84.8. The lowest BCUT2D eigenvalue weighted by Crippen LogP contribution is -2.73. The van der Waals surface area contributed by atoms with Crippen LogP contribution < -0.4 is 16.0 Å². The van der Waals surface area contributed by atoms with Gasteiger partial charge in [-0.3, -0.25) is 23.5 Å². The van der Waals surface area contributed by atoms with Crippen LogP contribution in [0, 0.1) is 0 Å². The monoisotopic (exact) mass is 1170 g/mol. The maximum atomic E-state index is 14.5. The number of esters is 1. The number of unbranched alkanes of at least 4 members (excludes halogenated alkanes) is 1. The average Bonchev–Trinajstić information content (AvgIpc) is 1.63. The quantitative estimate of drug-likeness (QED) is 0.0234. The van der Waals surface area contributed by atoms with E-state index in [1.165, 1.54) is 34.1 Å². The van der Waals surface area contributed by atoms with Gasteiger partial charge in [0.15, 0.2) is 12.4 Å². The lowest BCUT2D eigenvalue weighted by atomic mass is 9.98. The summed E-state index contributed by atoms with van der Waals surface area (Å²) in [6.07, 6.45) is -17.4. The predicted molar refractivity (Wildman–Crippen MR) is 289 cm³/mol. The number of anilines is 1. The fourth-order valence-electron chi connectivity index (χ4n) is 9.51. The van der Waals surface area contributed by atoms with E-state index in [4.69, 9.17) is 23.7 Å². The first-order valence-electron chi connectivity index (χ1n) is 26.8. The smallest absolute Gasteiger partial charge is 0.410 e. The Hall–Kier alpha value is -6.63. The SMILES string of the molecule is CC(C)(C)OC(=O)NCCCCC(=O)N[C@@H]1C(=O)N2C(C(=O)OC(c3ccccc3)c3ccccc3)=C(COC(=O)N3CCN(C(=O)c4ccc(NCC(O)C(O)C(OC5OC(CO)C(O)C(O)C5O)C(O)CO)cc4)CC3)CS(=O)C12. The van der Waals surface area contributed by atoms with E-state index in [9.17, 15) is 73.8 Å². The van der Waals surface area contributed by atoms with Gasteiger partial charge in [0, 0.05) is 62.5 Å². The van der Waals surface area contributed by atoms with E-state index in [-0.39, 0.29) is 74.2 Å². The fraction of sp³-hybridized carbons (Fsp3) is 0.527. The number of hydrogen-bond donors (Lipinski definition) is 11. The number of carbonyl (C=O) groups is 6. The molecule has 82 heavy (non-hydrogen) atoms. The zero-order valence-corrected chi connectivity index (χ0v) is 46.2. The molecule has 0 radical (unpaired) electrons. The Balaban J connectivity index is 0.946. The van der Waals surface area contributed by atoms with Gasteiger partial charge in [0.25, 0.3) is 11.8 Å². The van der Waals surface area contributed by atoms with Gasteiger partial charge in [-0.2, -0.15) is 0 Å². The van der Waals surface area contributed by atoms with Gasteiger partial charge in [0.05, 0.1) is 35.9 Å². The minimum Gasteiger partial charge on any atom is -0.448 e. The summed E-state index contributed by atoms with van der Waals surface area (Å²) in [6, 6.07) is 22.6. The summed E-state index contributed by atoms with van der Waals surface area (Å²) < 4.78 is 41.8. The molecule has 4 aliphatic heterocycles. The molecular formula is C55H72N6O20S. The summed E-state index contributed by atoms with van der Waals surface area (Å²) >= 11 is 0. The van der Waals surface area contributed by atoms with Gasteiger partial charge in [-0.1, -0.05) is 60.7 Å². The molecule has 0 aliphatic carbocycles. The Labute approximate surface area is 475 Å². The minimum atomic E-state index is -1.92. The van der Waals surface area contributed by atoms with Crippen LogP contribution in [-0.4, -0.2) is 233 Å². The second kappa shape index (κ2) is 28.6. The molecule has 0 aromatic heterocycles. The molecule has 11 N–H and O–H groups in total. The number of nitrogens with zero attached hydrogens (tertiary/aromatic N) is 3. The van der Waals surface area contributed by atoms with Crippen molar-refractivity contribution in [1.82, 2.24) is 25.3 Å². The van der Waals surface area contributed by atoms with E-state index in [2.05, 4.69) is 16.0 Å². The van der Waals surface area contributed by atoms with E-state index < -0.39 is 139 Å². The number of hydrogen-bond acceptors (Lipinski definition) is 21. The van der Waals surface area contributed by atoms with Crippen LogP contribution in [0.4, 0.5) is 15.3 Å². The standard InChI is InChI=1S/C55H72N6O20S/c1-55(2,3)81-53(74)56-21-11-10-16-39(66)58-40-49(72)61-41(51(73)79-46(31-12-6-4-7-13-31)32-14-8-5-9-15-32)34(30-82(76)50(40)61)29-77-54(75)60-24-22-59(23-25-60)48(71)33-17-19-35(20-18-33)57-26-36(64)42(67)47(37(65)27-62)80-52-45(70)44(69)43(68)38(28-63)78-52/h4-9,12-15,17-20,36-38,40,42-47,50,52,57,62-65,67-70H,10-11,16,21-30H2,1-3H3,(H,56,74)(H,58,66)/t36?,37?,38?,40-,42?,43?,44?,45?,47?,50?,52?,82?/m1/s1. The number of β-lactam (4-membered cyclic amide) rings is 1. The molecule has 26 nitrogen and oxygen atoms in total.